The summed E-state index contributed by atoms with van der Waals surface area (Å²) >= 11 is 5.16. The zero-order valence-electron chi connectivity index (χ0n) is 10.3. The van der Waals surface area contributed by atoms with E-state index in [9.17, 15) is 5.11 Å². The van der Waals surface area contributed by atoms with E-state index in [0.717, 1.165) is 5.56 Å². The molecule has 0 fully saturated rings. The summed E-state index contributed by atoms with van der Waals surface area (Å²) in [6, 6.07) is 14.7. The van der Waals surface area contributed by atoms with Crippen molar-refractivity contribution in [3.8, 4) is 5.75 Å². The summed E-state index contributed by atoms with van der Waals surface area (Å²) in [7, 11) is 0. The maximum atomic E-state index is 9.66. The van der Waals surface area contributed by atoms with Gasteiger partial charge in [0, 0.05) is 12.2 Å². The molecule has 0 atom stereocenters. The van der Waals surface area contributed by atoms with E-state index in [4.69, 9.17) is 18.0 Å². The highest BCUT2D eigenvalue weighted by Crippen LogP contribution is 2.24. The van der Waals surface area contributed by atoms with Crippen LogP contribution in [-0.4, -0.2) is 10.2 Å². The fourth-order valence-corrected chi connectivity index (χ4v) is 1.78. The number of rotatable bonds is 3. The van der Waals surface area contributed by atoms with Gasteiger partial charge in [-0.15, -0.1) is 0 Å². The average molecular weight is 273 g/mol. The summed E-state index contributed by atoms with van der Waals surface area (Å²) < 4.78 is 0. The molecule has 0 aromatic heterocycles. The molecule has 0 bridgehead atoms. The Labute approximate surface area is 117 Å². The first-order valence-corrected chi connectivity index (χ1v) is 6.23. The summed E-state index contributed by atoms with van der Waals surface area (Å²) in [5.41, 5.74) is 7.83. The van der Waals surface area contributed by atoms with Crippen LogP contribution >= 0.6 is 12.2 Å². The van der Waals surface area contributed by atoms with E-state index < -0.39 is 0 Å². The lowest BCUT2D eigenvalue weighted by atomic mass is 10.2. The van der Waals surface area contributed by atoms with Crippen LogP contribution in [0.2, 0.25) is 0 Å². The summed E-state index contributed by atoms with van der Waals surface area (Å²) in [6.07, 6.45) is 0. The van der Waals surface area contributed by atoms with E-state index in [1.807, 2.05) is 30.3 Å². The van der Waals surface area contributed by atoms with Gasteiger partial charge in [-0.05, 0) is 36.0 Å². The number of nitrogens with one attached hydrogen (secondary N) is 2. The van der Waals surface area contributed by atoms with Crippen LogP contribution in [0.15, 0.2) is 48.5 Å². The van der Waals surface area contributed by atoms with Crippen molar-refractivity contribution in [1.29, 1.82) is 0 Å². The van der Waals surface area contributed by atoms with E-state index in [1.165, 1.54) is 6.07 Å². The monoisotopic (exact) mass is 273 g/mol. The highest BCUT2D eigenvalue weighted by molar-refractivity contribution is 7.80. The largest absolute Gasteiger partial charge is 0.506 e. The number of nitrogen functional groups attached to an aromatic ring is 1. The molecule has 5 heteroatoms. The molecule has 2 rings (SSSR count). The number of nitrogens with two attached hydrogens (primary N) is 1. The van der Waals surface area contributed by atoms with Crippen LogP contribution in [0.5, 0.6) is 5.75 Å². The maximum Gasteiger partial charge on any atom is 0.171 e. The lowest BCUT2D eigenvalue weighted by Crippen LogP contribution is -2.27. The van der Waals surface area contributed by atoms with Crippen molar-refractivity contribution in [2.24, 2.45) is 0 Å². The van der Waals surface area contributed by atoms with Gasteiger partial charge < -0.3 is 21.5 Å². The number of hydrogen-bond donors (Lipinski definition) is 4. The van der Waals surface area contributed by atoms with Crippen molar-refractivity contribution in [3.63, 3.8) is 0 Å². The molecule has 98 valence electrons. The predicted molar refractivity (Wildman–Crippen MR) is 82.0 cm³/mol. The number of phenolic OH excluding ortho intramolecular Hbond substituents is 1. The first-order chi connectivity index (χ1) is 9.15. The van der Waals surface area contributed by atoms with Crippen molar-refractivity contribution >= 4 is 28.7 Å². The summed E-state index contributed by atoms with van der Waals surface area (Å²) in [5.74, 6) is 0.109. The number of benzene rings is 2. The van der Waals surface area contributed by atoms with Gasteiger partial charge in [0.2, 0.25) is 0 Å². The number of thiocarbonyl (C=S) groups is 1. The molecule has 0 heterocycles. The van der Waals surface area contributed by atoms with Crippen LogP contribution in [0.3, 0.4) is 0 Å². The number of phenols is 1. The standard InChI is InChI=1S/C14H15N3OS/c15-11-6-7-13(18)12(8-11)17-14(19)16-9-10-4-2-1-3-5-10/h1-8,18H,9,15H2,(H2,16,17,19). The minimum atomic E-state index is 0.109. The molecular weight excluding hydrogens is 258 g/mol. The van der Waals surface area contributed by atoms with Gasteiger partial charge in [-0.3, -0.25) is 0 Å². The molecule has 0 aliphatic rings. The molecule has 2 aromatic carbocycles. The molecule has 0 aliphatic heterocycles. The second-order valence-electron chi connectivity index (χ2n) is 4.07. The molecular formula is C14H15N3OS. The summed E-state index contributed by atoms with van der Waals surface area (Å²) in [4.78, 5) is 0. The van der Waals surface area contributed by atoms with Gasteiger partial charge in [-0.25, -0.2) is 0 Å². The second kappa shape index (κ2) is 6.06. The Morgan fingerprint density at radius 2 is 1.89 bits per heavy atom. The lowest BCUT2D eigenvalue weighted by molar-refractivity contribution is 0.478. The fourth-order valence-electron chi connectivity index (χ4n) is 1.60. The normalized spacial score (nSPS) is 9.89. The minimum absolute atomic E-state index is 0.109. The molecule has 4 nitrogen and oxygen atoms in total. The van der Waals surface area contributed by atoms with Gasteiger partial charge in [-0.2, -0.15) is 0 Å². The average Bonchev–Trinajstić information content (AvgIpc) is 2.42. The van der Waals surface area contributed by atoms with Crippen molar-refractivity contribution in [3.05, 3.63) is 54.1 Å². The van der Waals surface area contributed by atoms with Gasteiger partial charge in [0.1, 0.15) is 5.75 Å². The fraction of sp³-hybridized carbons (Fsp3) is 0.0714. The van der Waals surface area contributed by atoms with E-state index in [-0.39, 0.29) is 5.75 Å². The number of hydrogen-bond acceptors (Lipinski definition) is 3. The zero-order chi connectivity index (χ0) is 13.7. The molecule has 0 unspecified atom stereocenters. The van der Waals surface area contributed by atoms with Crippen LogP contribution < -0.4 is 16.4 Å². The van der Waals surface area contributed by atoms with Crippen molar-refractivity contribution in [2.75, 3.05) is 11.1 Å². The van der Waals surface area contributed by atoms with Crippen molar-refractivity contribution in [2.45, 2.75) is 6.54 Å². The quantitative estimate of drug-likeness (QED) is 0.299. The van der Waals surface area contributed by atoms with Gasteiger partial charge >= 0.3 is 0 Å². The van der Waals surface area contributed by atoms with E-state index in [1.54, 1.807) is 12.1 Å². The van der Waals surface area contributed by atoms with Crippen LogP contribution in [0.25, 0.3) is 0 Å². The Bertz CT molecular complexity index is 572. The third-order valence-corrected chi connectivity index (χ3v) is 2.81. The second-order valence-corrected chi connectivity index (χ2v) is 4.48. The molecule has 0 aliphatic carbocycles. The van der Waals surface area contributed by atoms with E-state index in [2.05, 4.69) is 10.6 Å². The molecule has 0 amide bonds. The molecule has 0 radical (unpaired) electrons. The molecule has 0 saturated heterocycles. The van der Waals surface area contributed by atoms with Gasteiger partial charge in [-0.1, -0.05) is 30.3 Å². The van der Waals surface area contributed by atoms with Crippen molar-refractivity contribution in [1.82, 2.24) is 5.32 Å². The molecule has 0 saturated carbocycles. The first-order valence-electron chi connectivity index (χ1n) is 5.82. The van der Waals surface area contributed by atoms with E-state index in [0.29, 0.717) is 23.0 Å². The summed E-state index contributed by atoms with van der Waals surface area (Å²) in [6.45, 7) is 0.621. The summed E-state index contributed by atoms with van der Waals surface area (Å²) in [5, 5.41) is 16.1. The van der Waals surface area contributed by atoms with E-state index >= 15 is 0 Å². The van der Waals surface area contributed by atoms with Gasteiger partial charge in [0.15, 0.2) is 5.11 Å². The molecule has 5 N–H and O–H groups in total. The minimum Gasteiger partial charge on any atom is -0.506 e. The highest BCUT2D eigenvalue weighted by atomic mass is 32.1. The number of anilines is 2. The van der Waals surface area contributed by atoms with Gasteiger partial charge in [0.25, 0.3) is 0 Å². The smallest absolute Gasteiger partial charge is 0.171 e. The zero-order valence-corrected chi connectivity index (χ0v) is 11.1. The maximum absolute atomic E-state index is 9.66. The molecule has 2 aromatic rings. The van der Waals surface area contributed by atoms with Crippen LogP contribution in [-0.2, 0) is 6.54 Å². The van der Waals surface area contributed by atoms with Crippen LogP contribution in [0.1, 0.15) is 5.56 Å². The third-order valence-electron chi connectivity index (χ3n) is 2.56. The Morgan fingerprint density at radius 1 is 1.16 bits per heavy atom. The Kier molecular flexibility index (Phi) is 4.20. The first kappa shape index (κ1) is 13.2. The molecule has 0 spiro atoms. The van der Waals surface area contributed by atoms with Crippen LogP contribution in [0.4, 0.5) is 11.4 Å². The number of aromatic hydroxyl groups is 1. The third kappa shape index (κ3) is 3.86. The Balaban J connectivity index is 1.93. The SMILES string of the molecule is Nc1ccc(O)c(NC(=S)NCc2ccccc2)c1. The molecule has 19 heavy (non-hydrogen) atoms. The Morgan fingerprint density at radius 3 is 2.63 bits per heavy atom. The topological polar surface area (TPSA) is 70.3 Å². The predicted octanol–water partition coefficient (Wildman–Crippen LogP) is 2.46. The van der Waals surface area contributed by atoms with Crippen molar-refractivity contribution < 1.29 is 5.11 Å². The van der Waals surface area contributed by atoms with Gasteiger partial charge in [0.05, 0.1) is 5.69 Å². The highest BCUT2D eigenvalue weighted by Gasteiger charge is 2.03. The van der Waals surface area contributed by atoms with Crippen LogP contribution in [0, 0.1) is 0 Å². The lowest BCUT2D eigenvalue weighted by Gasteiger charge is -2.12. The Hall–Kier alpha value is -2.27.